The fraction of sp³-hybridized carbons (Fsp3) is 0. The standard InChI is InChI=1S/C34H24N3O.Pt/c38-32-19-8-7-18-30(32)34-29(25-12-3-1-4-13-25)21-22-31(36-34)26-14-11-17-28(24-26)37(27-15-5-2-6-16-27)33-20-9-10-23-35-33;/h1-23,38H;/q-1;. The Labute approximate surface area is 242 Å². The second-order valence-electron chi connectivity index (χ2n) is 8.78. The molecule has 39 heavy (non-hydrogen) atoms. The van der Waals surface area contributed by atoms with Crippen LogP contribution in [0.3, 0.4) is 0 Å². The van der Waals surface area contributed by atoms with Gasteiger partial charge in [0.1, 0.15) is 11.6 Å². The topological polar surface area (TPSA) is 49.3 Å². The molecule has 0 fully saturated rings. The molecular weight excluding hydrogens is 661 g/mol. The largest absolute Gasteiger partial charge is 0.507 e. The van der Waals surface area contributed by atoms with Crippen LogP contribution in [0.5, 0.6) is 5.75 Å². The quantitative estimate of drug-likeness (QED) is 0.179. The minimum absolute atomic E-state index is 0. The van der Waals surface area contributed by atoms with E-state index < -0.39 is 0 Å². The molecule has 4 aromatic carbocycles. The maximum atomic E-state index is 10.7. The molecular formula is C34H24N3OPt-. The van der Waals surface area contributed by atoms with Crippen molar-refractivity contribution in [1.29, 1.82) is 0 Å². The van der Waals surface area contributed by atoms with Gasteiger partial charge in [-0.2, -0.15) is 0 Å². The number of aromatic hydroxyl groups is 1. The van der Waals surface area contributed by atoms with E-state index in [2.05, 4.69) is 46.3 Å². The van der Waals surface area contributed by atoms with Crippen LogP contribution in [0.1, 0.15) is 0 Å². The van der Waals surface area contributed by atoms with Gasteiger partial charge in [0.05, 0.1) is 5.69 Å². The zero-order chi connectivity index (χ0) is 25.7. The zero-order valence-corrected chi connectivity index (χ0v) is 23.2. The summed E-state index contributed by atoms with van der Waals surface area (Å²) < 4.78 is 0. The molecule has 0 atom stereocenters. The predicted molar refractivity (Wildman–Crippen MR) is 154 cm³/mol. The number of phenolic OH excluding ortho intramolecular Hbond substituents is 1. The second kappa shape index (κ2) is 11.9. The van der Waals surface area contributed by atoms with E-state index in [-0.39, 0.29) is 26.8 Å². The van der Waals surface area contributed by atoms with Crippen LogP contribution in [0.4, 0.5) is 17.2 Å². The van der Waals surface area contributed by atoms with Gasteiger partial charge in [0.25, 0.3) is 0 Å². The van der Waals surface area contributed by atoms with Gasteiger partial charge in [-0.15, -0.1) is 29.8 Å². The molecule has 5 heteroatoms. The van der Waals surface area contributed by atoms with Crippen molar-refractivity contribution in [2.45, 2.75) is 0 Å². The minimum Gasteiger partial charge on any atom is -0.507 e. The molecule has 2 aromatic heterocycles. The fourth-order valence-corrected chi connectivity index (χ4v) is 4.53. The Morgan fingerprint density at radius 3 is 2.08 bits per heavy atom. The van der Waals surface area contributed by atoms with E-state index >= 15 is 0 Å². The molecule has 0 unspecified atom stereocenters. The average Bonchev–Trinajstić information content (AvgIpc) is 2.99. The van der Waals surface area contributed by atoms with Crippen molar-refractivity contribution in [2.75, 3.05) is 4.90 Å². The molecule has 4 nitrogen and oxygen atoms in total. The first-order valence-corrected chi connectivity index (χ1v) is 12.4. The number of hydrogen-bond donors (Lipinski definition) is 1. The van der Waals surface area contributed by atoms with Crippen LogP contribution >= 0.6 is 0 Å². The Morgan fingerprint density at radius 1 is 0.615 bits per heavy atom. The van der Waals surface area contributed by atoms with Crippen LogP contribution in [-0.2, 0) is 21.1 Å². The smallest absolute Gasteiger partial charge is 0.136 e. The van der Waals surface area contributed by atoms with E-state index in [1.54, 1.807) is 12.3 Å². The number of para-hydroxylation sites is 2. The van der Waals surface area contributed by atoms with Crippen molar-refractivity contribution in [2.24, 2.45) is 0 Å². The van der Waals surface area contributed by atoms with Gasteiger partial charge in [0.2, 0.25) is 0 Å². The van der Waals surface area contributed by atoms with Crippen LogP contribution in [0, 0.1) is 6.07 Å². The number of aromatic nitrogens is 2. The number of benzene rings is 4. The maximum absolute atomic E-state index is 10.7. The van der Waals surface area contributed by atoms with Gasteiger partial charge in [-0.1, -0.05) is 78.9 Å². The summed E-state index contributed by atoms with van der Waals surface area (Å²) in [6.07, 6.45) is 1.79. The second-order valence-corrected chi connectivity index (χ2v) is 8.78. The van der Waals surface area contributed by atoms with Gasteiger partial charge in [-0.3, -0.25) is 4.98 Å². The molecule has 0 aliphatic heterocycles. The maximum Gasteiger partial charge on any atom is 0.136 e. The van der Waals surface area contributed by atoms with Crippen molar-refractivity contribution in [3.8, 4) is 39.4 Å². The van der Waals surface area contributed by atoms with Crippen LogP contribution in [0.25, 0.3) is 33.6 Å². The van der Waals surface area contributed by atoms with Crippen molar-refractivity contribution in [3.05, 3.63) is 146 Å². The van der Waals surface area contributed by atoms with Crippen molar-refractivity contribution in [3.63, 3.8) is 0 Å². The van der Waals surface area contributed by atoms with E-state index in [0.717, 1.165) is 45.3 Å². The summed E-state index contributed by atoms with van der Waals surface area (Å²) in [7, 11) is 0. The van der Waals surface area contributed by atoms with E-state index in [0.29, 0.717) is 5.56 Å². The number of nitrogens with zero attached hydrogens (tertiary/aromatic N) is 3. The van der Waals surface area contributed by atoms with Crippen LogP contribution < -0.4 is 4.90 Å². The molecule has 0 saturated carbocycles. The normalized spacial score (nSPS) is 10.5. The zero-order valence-electron chi connectivity index (χ0n) is 20.9. The summed E-state index contributed by atoms with van der Waals surface area (Å²) in [6, 6.07) is 47.1. The first-order chi connectivity index (χ1) is 18.8. The third-order valence-electron chi connectivity index (χ3n) is 6.33. The molecule has 2 heterocycles. The van der Waals surface area contributed by atoms with Crippen LogP contribution in [0.15, 0.2) is 140 Å². The average molecular weight is 686 g/mol. The molecule has 0 radical (unpaired) electrons. The van der Waals surface area contributed by atoms with Crippen LogP contribution in [0.2, 0.25) is 0 Å². The summed E-state index contributed by atoms with van der Waals surface area (Å²) >= 11 is 0. The van der Waals surface area contributed by atoms with Crippen molar-refractivity contribution in [1.82, 2.24) is 9.97 Å². The molecule has 192 valence electrons. The molecule has 0 spiro atoms. The number of anilines is 3. The summed E-state index contributed by atoms with van der Waals surface area (Å²) in [5, 5.41) is 10.7. The fourth-order valence-electron chi connectivity index (χ4n) is 4.53. The Balaban J connectivity index is 0.00000308. The molecule has 1 N–H and O–H groups in total. The molecule has 0 saturated heterocycles. The molecule has 0 bridgehead atoms. The third kappa shape index (κ3) is 5.52. The Morgan fingerprint density at radius 2 is 1.33 bits per heavy atom. The third-order valence-corrected chi connectivity index (χ3v) is 6.33. The molecule has 0 aliphatic rings. The van der Waals surface area contributed by atoms with Gasteiger partial charge in [0.15, 0.2) is 0 Å². The Hall–Kier alpha value is -4.53. The first kappa shape index (κ1) is 26.1. The van der Waals surface area contributed by atoms with E-state index in [4.69, 9.17) is 4.98 Å². The summed E-state index contributed by atoms with van der Waals surface area (Å²) in [5.41, 5.74) is 6.83. The number of phenols is 1. The van der Waals surface area contributed by atoms with Crippen molar-refractivity contribution >= 4 is 17.2 Å². The van der Waals surface area contributed by atoms with E-state index in [1.807, 2.05) is 97.1 Å². The molecule has 6 rings (SSSR count). The van der Waals surface area contributed by atoms with Gasteiger partial charge in [-0.05, 0) is 53.3 Å². The molecule has 6 aromatic rings. The molecule has 0 amide bonds. The number of pyridine rings is 2. The molecule has 0 aliphatic carbocycles. The summed E-state index contributed by atoms with van der Waals surface area (Å²) in [4.78, 5) is 11.8. The first-order valence-electron chi connectivity index (χ1n) is 12.4. The number of hydrogen-bond acceptors (Lipinski definition) is 4. The Kier molecular flexibility index (Phi) is 7.96. The van der Waals surface area contributed by atoms with Gasteiger partial charge in [-0.25, -0.2) is 4.98 Å². The van der Waals surface area contributed by atoms with E-state index in [9.17, 15) is 5.11 Å². The van der Waals surface area contributed by atoms with Gasteiger partial charge >= 0.3 is 0 Å². The van der Waals surface area contributed by atoms with E-state index in [1.165, 1.54) is 0 Å². The van der Waals surface area contributed by atoms with Crippen molar-refractivity contribution < 1.29 is 26.2 Å². The SMILES string of the molecule is Oc1ccccc1-c1nc(-c2[c-]c(N(c3ccccc3)c3ccccn3)ccc2)ccc1-c1ccccc1.[Pt]. The van der Waals surface area contributed by atoms with Crippen LogP contribution in [-0.4, -0.2) is 15.1 Å². The number of rotatable bonds is 6. The summed E-state index contributed by atoms with van der Waals surface area (Å²) in [5.74, 6) is 0.992. The Bertz CT molecular complexity index is 1640. The van der Waals surface area contributed by atoms with Gasteiger partial charge in [0, 0.05) is 44.1 Å². The van der Waals surface area contributed by atoms with Gasteiger partial charge < -0.3 is 10.0 Å². The summed E-state index contributed by atoms with van der Waals surface area (Å²) in [6.45, 7) is 0. The minimum atomic E-state index is 0. The monoisotopic (exact) mass is 685 g/mol. The predicted octanol–water partition coefficient (Wildman–Crippen LogP) is 8.45.